The van der Waals surface area contributed by atoms with Crippen LogP contribution in [0.25, 0.3) is 0 Å². The lowest BCUT2D eigenvalue weighted by Gasteiger charge is -2.12. The molecule has 0 bridgehead atoms. The van der Waals surface area contributed by atoms with Gasteiger partial charge in [-0.15, -0.1) is 11.8 Å². The highest BCUT2D eigenvalue weighted by atomic mass is 32.2. The summed E-state index contributed by atoms with van der Waals surface area (Å²) in [7, 11) is 1.79. The van der Waals surface area contributed by atoms with Crippen LogP contribution in [0.15, 0.2) is 58.4 Å². The summed E-state index contributed by atoms with van der Waals surface area (Å²) in [4.78, 5) is 5.55. The van der Waals surface area contributed by atoms with Crippen molar-refractivity contribution in [1.82, 2.24) is 10.6 Å². The van der Waals surface area contributed by atoms with Crippen molar-refractivity contribution in [2.24, 2.45) is 4.99 Å². The Morgan fingerprint density at radius 2 is 1.68 bits per heavy atom. The number of nitrogens with zero attached hydrogens (tertiary/aromatic N) is 1. The van der Waals surface area contributed by atoms with Crippen molar-refractivity contribution in [3.63, 3.8) is 0 Å². The van der Waals surface area contributed by atoms with Crippen LogP contribution in [0.4, 0.5) is 0 Å². The Labute approximate surface area is 137 Å². The number of rotatable bonds is 5. The van der Waals surface area contributed by atoms with E-state index in [2.05, 4.69) is 77.3 Å². The molecule has 0 aliphatic rings. The fraction of sp³-hybridized carbons (Fsp3) is 0.278. The molecule has 0 aliphatic carbocycles. The van der Waals surface area contributed by atoms with E-state index < -0.39 is 0 Å². The van der Waals surface area contributed by atoms with Gasteiger partial charge in [0.05, 0.1) is 0 Å². The molecule has 116 valence electrons. The molecule has 2 N–H and O–H groups in total. The van der Waals surface area contributed by atoms with Gasteiger partial charge in [-0.05, 0) is 36.4 Å². The minimum Gasteiger partial charge on any atom is -0.352 e. The van der Waals surface area contributed by atoms with E-state index in [0.717, 1.165) is 19.0 Å². The number of guanidine groups is 1. The summed E-state index contributed by atoms with van der Waals surface area (Å²) >= 11 is 1.76. The number of nitrogens with one attached hydrogen (secondary N) is 2. The van der Waals surface area contributed by atoms with Gasteiger partial charge in [0.1, 0.15) is 0 Å². The Morgan fingerprint density at radius 3 is 2.27 bits per heavy atom. The van der Waals surface area contributed by atoms with Crippen LogP contribution in [0.1, 0.15) is 16.7 Å². The monoisotopic (exact) mass is 313 g/mol. The third kappa shape index (κ3) is 5.11. The average molecular weight is 313 g/mol. The molecule has 0 heterocycles. The first-order valence-corrected chi connectivity index (χ1v) is 8.56. The first kappa shape index (κ1) is 16.4. The molecule has 2 rings (SSSR count). The SMILES string of the molecule is CN=C(NCc1ccc(SC)cc1)NCc1cccc(C)c1. The first-order chi connectivity index (χ1) is 10.7. The average Bonchev–Trinajstić information content (AvgIpc) is 2.55. The summed E-state index contributed by atoms with van der Waals surface area (Å²) in [5, 5.41) is 6.68. The van der Waals surface area contributed by atoms with E-state index in [9.17, 15) is 0 Å². The van der Waals surface area contributed by atoms with E-state index in [-0.39, 0.29) is 0 Å². The van der Waals surface area contributed by atoms with Crippen LogP contribution in [0.3, 0.4) is 0 Å². The predicted molar refractivity (Wildman–Crippen MR) is 96.4 cm³/mol. The van der Waals surface area contributed by atoms with Gasteiger partial charge in [-0.25, -0.2) is 0 Å². The van der Waals surface area contributed by atoms with Crippen LogP contribution in [-0.4, -0.2) is 19.3 Å². The largest absolute Gasteiger partial charge is 0.352 e. The van der Waals surface area contributed by atoms with Gasteiger partial charge in [-0.1, -0.05) is 42.0 Å². The Kier molecular flexibility index (Phi) is 6.34. The quantitative estimate of drug-likeness (QED) is 0.503. The van der Waals surface area contributed by atoms with E-state index in [0.29, 0.717) is 0 Å². The van der Waals surface area contributed by atoms with Gasteiger partial charge in [-0.2, -0.15) is 0 Å². The second-order valence-electron chi connectivity index (χ2n) is 5.12. The van der Waals surface area contributed by atoms with Crippen LogP contribution in [0.2, 0.25) is 0 Å². The van der Waals surface area contributed by atoms with E-state index in [1.54, 1.807) is 18.8 Å². The minimum absolute atomic E-state index is 0.766. The van der Waals surface area contributed by atoms with Crippen molar-refractivity contribution in [2.45, 2.75) is 24.9 Å². The number of hydrogen-bond donors (Lipinski definition) is 2. The molecule has 0 unspecified atom stereocenters. The lowest BCUT2D eigenvalue weighted by atomic mass is 10.1. The standard InChI is InChI=1S/C18H23N3S/c1-14-5-4-6-16(11-14)13-21-18(19-2)20-12-15-7-9-17(22-3)10-8-15/h4-11H,12-13H2,1-3H3,(H2,19,20,21). The number of hydrogen-bond acceptors (Lipinski definition) is 2. The van der Waals surface area contributed by atoms with Gasteiger partial charge in [0.2, 0.25) is 0 Å². The molecule has 4 heteroatoms. The lowest BCUT2D eigenvalue weighted by Crippen LogP contribution is -2.36. The predicted octanol–water partition coefficient (Wildman–Crippen LogP) is 3.58. The molecule has 0 saturated heterocycles. The van der Waals surface area contributed by atoms with Gasteiger partial charge in [0, 0.05) is 25.0 Å². The van der Waals surface area contributed by atoms with Crippen molar-refractivity contribution in [1.29, 1.82) is 0 Å². The second-order valence-corrected chi connectivity index (χ2v) is 6.00. The highest BCUT2D eigenvalue weighted by Gasteiger charge is 2.00. The third-order valence-electron chi connectivity index (χ3n) is 3.39. The van der Waals surface area contributed by atoms with Crippen LogP contribution >= 0.6 is 11.8 Å². The summed E-state index contributed by atoms with van der Waals surface area (Å²) in [6.45, 7) is 3.64. The van der Waals surface area contributed by atoms with E-state index in [4.69, 9.17) is 0 Å². The smallest absolute Gasteiger partial charge is 0.191 e. The number of aliphatic imine (C=N–C) groups is 1. The minimum atomic E-state index is 0.766. The maximum Gasteiger partial charge on any atom is 0.191 e. The molecule has 0 amide bonds. The summed E-state index contributed by atoms with van der Waals surface area (Å²) in [6, 6.07) is 17.1. The Hall–Kier alpha value is -1.94. The fourth-order valence-electron chi connectivity index (χ4n) is 2.16. The Bertz CT molecular complexity index is 620. The van der Waals surface area contributed by atoms with Gasteiger partial charge in [0.15, 0.2) is 5.96 Å². The maximum absolute atomic E-state index is 4.26. The highest BCUT2D eigenvalue weighted by molar-refractivity contribution is 7.98. The van der Waals surface area contributed by atoms with Gasteiger partial charge >= 0.3 is 0 Å². The number of thioether (sulfide) groups is 1. The molecular weight excluding hydrogens is 290 g/mol. The molecule has 2 aromatic carbocycles. The zero-order valence-electron chi connectivity index (χ0n) is 13.4. The van der Waals surface area contributed by atoms with Crippen molar-refractivity contribution in [2.75, 3.05) is 13.3 Å². The highest BCUT2D eigenvalue weighted by Crippen LogP contribution is 2.14. The Balaban J connectivity index is 1.84. The van der Waals surface area contributed by atoms with Gasteiger partial charge in [-0.3, -0.25) is 4.99 Å². The normalized spacial score (nSPS) is 11.3. The molecule has 0 atom stereocenters. The fourth-order valence-corrected chi connectivity index (χ4v) is 2.57. The Morgan fingerprint density at radius 1 is 1.00 bits per heavy atom. The molecule has 2 aromatic rings. The van der Waals surface area contributed by atoms with Crippen LogP contribution < -0.4 is 10.6 Å². The molecule has 0 fully saturated rings. The summed E-state index contributed by atoms with van der Waals surface area (Å²) in [5.74, 6) is 0.815. The van der Waals surface area contributed by atoms with Crippen molar-refractivity contribution in [3.05, 3.63) is 65.2 Å². The van der Waals surface area contributed by atoms with Crippen molar-refractivity contribution in [3.8, 4) is 0 Å². The molecule has 3 nitrogen and oxygen atoms in total. The van der Waals surface area contributed by atoms with Crippen LogP contribution in [0, 0.1) is 6.92 Å². The molecule has 0 aromatic heterocycles. The molecule has 0 radical (unpaired) electrons. The molecular formula is C18H23N3S. The third-order valence-corrected chi connectivity index (χ3v) is 4.13. The van der Waals surface area contributed by atoms with Gasteiger partial charge in [0.25, 0.3) is 0 Å². The first-order valence-electron chi connectivity index (χ1n) is 7.34. The van der Waals surface area contributed by atoms with Crippen LogP contribution in [0.5, 0.6) is 0 Å². The zero-order valence-corrected chi connectivity index (χ0v) is 14.2. The van der Waals surface area contributed by atoms with E-state index in [1.807, 2.05) is 0 Å². The molecule has 22 heavy (non-hydrogen) atoms. The number of aryl methyl sites for hydroxylation is 1. The van der Waals surface area contributed by atoms with Gasteiger partial charge < -0.3 is 10.6 Å². The molecule has 0 aliphatic heterocycles. The summed E-state index contributed by atoms with van der Waals surface area (Å²) in [5.41, 5.74) is 3.78. The summed E-state index contributed by atoms with van der Waals surface area (Å²) in [6.07, 6.45) is 2.09. The molecule has 0 spiro atoms. The van der Waals surface area contributed by atoms with Crippen molar-refractivity contribution < 1.29 is 0 Å². The number of benzene rings is 2. The second kappa shape index (κ2) is 8.49. The topological polar surface area (TPSA) is 36.4 Å². The van der Waals surface area contributed by atoms with E-state index >= 15 is 0 Å². The maximum atomic E-state index is 4.26. The van der Waals surface area contributed by atoms with E-state index in [1.165, 1.54) is 21.6 Å². The zero-order chi connectivity index (χ0) is 15.8. The summed E-state index contributed by atoms with van der Waals surface area (Å²) < 4.78 is 0. The van der Waals surface area contributed by atoms with Crippen molar-refractivity contribution >= 4 is 17.7 Å². The lowest BCUT2D eigenvalue weighted by molar-refractivity contribution is 0.808. The van der Waals surface area contributed by atoms with Crippen LogP contribution in [-0.2, 0) is 13.1 Å². The molecule has 0 saturated carbocycles.